The number of pyridine rings is 1. The summed E-state index contributed by atoms with van der Waals surface area (Å²) in [5, 5.41) is 0.909. The van der Waals surface area contributed by atoms with E-state index in [2.05, 4.69) is 20.9 Å². The van der Waals surface area contributed by atoms with Crippen molar-refractivity contribution in [2.24, 2.45) is 11.7 Å². The van der Waals surface area contributed by atoms with Gasteiger partial charge < -0.3 is 10.6 Å². The van der Waals surface area contributed by atoms with Crippen molar-refractivity contribution in [3.63, 3.8) is 0 Å². The molecule has 2 N–H and O–H groups in total. The first-order valence-electron chi connectivity index (χ1n) is 8.07. The van der Waals surface area contributed by atoms with Gasteiger partial charge in [-0.05, 0) is 50.8 Å². The third-order valence-corrected chi connectivity index (χ3v) is 5.11. The lowest BCUT2D eigenvalue weighted by Crippen LogP contribution is -2.45. The number of piperidine rings is 1. The molecule has 2 aromatic rings. The number of amides is 1. The Morgan fingerprint density at radius 3 is 2.96 bits per heavy atom. The summed E-state index contributed by atoms with van der Waals surface area (Å²) in [7, 11) is 0. The topological polar surface area (TPSA) is 59.2 Å². The highest BCUT2D eigenvalue weighted by molar-refractivity contribution is 9.10. The highest BCUT2D eigenvalue weighted by Gasteiger charge is 2.27. The summed E-state index contributed by atoms with van der Waals surface area (Å²) in [5.74, 6) is 0.476. The number of fused-ring (bicyclic) bond motifs is 1. The van der Waals surface area contributed by atoms with Crippen LogP contribution in [-0.4, -0.2) is 34.9 Å². The second-order valence-electron chi connectivity index (χ2n) is 6.49. The molecule has 1 fully saturated rings. The molecule has 1 saturated heterocycles. The summed E-state index contributed by atoms with van der Waals surface area (Å²) in [4.78, 5) is 19.6. The number of likely N-dealkylation sites (tertiary alicyclic amines) is 1. The fraction of sp³-hybridized carbons (Fsp3) is 0.444. The summed E-state index contributed by atoms with van der Waals surface area (Å²) < 4.78 is 0.969. The average Bonchev–Trinajstić information content (AvgIpc) is 2.53. The Bertz CT molecular complexity index is 739. The largest absolute Gasteiger partial charge is 0.338 e. The molecule has 0 saturated carbocycles. The molecule has 1 aliphatic rings. The van der Waals surface area contributed by atoms with E-state index in [4.69, 9.17) is 5.73 Å². The molecule has 5 heteroatoms. The lowest BCUT2D eigenvalue weighted by atomic mass is 9.91. The van der Waals surface area contributed by atoms with Crippen LogP contribution in [-0.2, 0) is 0 Å². The van der Waals surface area contributed by atoms with E-state index in [9.17, 15) is 4.79 Å². The number of carbonyl (C=O) groups excluding carboxylic acids is 1. The summed E-state index contributed by atoms with van der Waals surface area (Å²) in [6, 6.07) is 7.90. The highest BCUT2D eigenvalue weighted by atomic mass is 79.9. The lowest BCUT2D eigenvalue weighted by Gasteiger charge is -2.35. The molecule has 0 spiro atoms. The van der Waals surface area contributed by atoms with Crippen LogP contribution in [0.4, 0.5) is 0 Å². The molecule has 2 atom stereocenters. The molecule has 1 amide bonds. The maximum absolute atomic E-state index is 13.1. The van der Waals surface area contributed by atoms with Gasteiger partial charge >= 0.3 is 0 Å². The quantitative estimate of drug-likeness (QED) is 0.873. The van der Waals surface area contributed by atoms with Gasteiger partial charge in [-0.3, -0.25) is 9.78 Å². The summed E-state index contributed by atoms with van der Waals surface area (Å²) in [5.41, 5.74) is 8.50. The Morgan fingerprint density at radius 2 is 2.22 bits per heavy atom. The molecular weight excluding hydrogens is 354 g/mol. The van der Waals surface area contributed by atoms with Crippen molar-refractivity contribution in [1.82, 2.24) is 9.88 Å². The van der Waals surface area contributed by atoms with E-state index in [1.165, 1.54) is 0 Å². The first-order chi connectivity index (χ1) is 11.0. The van der Waals surface area contributed by atoms with Gasteiger partial charge in [0.25, 0.3) is 5.91 Å². The van der Waals surface area contributed by atoms with Crippen molar-refractivity contribution in [2.75, 3.05) is 13.1 Å². The predicted molar refractivity (Wildman–Crippen MR) is 96.5 cm³/mol. The van der Waals surface area contributed by atoms with E-state index >= 15 is 0 Å². The van der Waals surface area contributed by atoms with Crippen molar-refractivity contribution in [3.8, 4) is 0 Å². The van der Waals surface area contributed by atoms with E-state index in [-0.39, 0.29) is 11.9 Å². The highest BCUT2D eigenvalue weighted by Crippen LogP contribution is 2.26. The van der Waals surface area contributed by atoms with Gasteiger partial charge in [-0.2, -0.15) is 0 Å². The van der Waals surface area contributed by atoms with Crippen molar-refractivity contribution < 1.29 is 4.79 Å². The molecule has 3 rings (SSSR count). The zero-order valence-corrected chi connectivity index (χ0v) is 15.1. The molecule has 1 aliphatic heterocycles. The lowest BCUT2D eigenvalue weighted by molar-refractivity contribution is 0.0663. The van der Waals surface area contributed by atoms with Crippen LogP contribution >= 0.6 is 15.9 Å². The van der Waals surface area contributed by atoms with Crippen molar-refractivity contribution in [2.45, 2.75) is 32.7 Å². The van der Waals surface area contributed by atoms with Crippen LogP contribution in [0.5, 0.6) is 0 Å². The number of benzene rings is 1. The van der Waals surface area contributed by atoms with Crippen LogP contribution in [0, 0.1) is 12.8 Å². The number of hydrogen-bond acceptors (Lipinski definition) is 3. The summed E-state index contributed by atoms with van der Waals surface area (Å²) in [6.07, 6.45) is 2.12. The molecule has 23 heavy (non-hydrogen) atoms. The number of aryl methyl sites for hydroxylation is 1. The minimum Gasteiger partial charge on any atom is -0.338 e. The summed E-state index contributed by atoms with van der Waals surface area (Å²) in [6.45, 7) is 5.51. The normalized spacial score (nSPS) is 19.8. The van der Waals surface area contributed by atoms with Crippen LogP contribution in [0.25, 0.3) is 10.9 Å². The minimum atomic E-state index is 0.0909. The Kier molecular flexibility index (Phi) is 4.69. The number of aromatic nitrogens is 1. The average molecular weight is 376 g/mol. The van der Waals surface area contributed by atoms with Crippen LogP contribution in [0.15, 0.2) is 28.7 Å². The first-order valence-corrected chi connectivity index (χ1v) is 8.87. The van der Waals surface area contributed by atoms with Crippen molar-refractivity contribution >= 4 is 32.7 Å². The van der Waals surface area contributed by atoms with Crippen molar-refractivity contribution in [3.05, 3.63) is 40.0 Å². The predicted octanol–water partition coefficient (Wildman–Crippen LogP) is 3.51. The number of nitrogens with zero attached hydrogens (tertiary/aromatic N) is 2. The first kappa shape index (κ1) is 16.4. The Labute approximate surface area is 145 Å². The Hall–Kier alpha value is -1.46. The maximum Gasteiger partial charge on any atom is 0.254 e. The molecule has 122 valence electrons. The molecular formula is C18H22BrN3O. The van der Waals surface area contributed by atoms with Gasteiger partial charge in [-0.15, -0.1) is 0 Å². The second-order valence-corrected chi connectivity index (χ2v) is 7.40. The minimum absolute atomic E-state index is 0.0909. The van der Waals surface area contributed by atoms with E-state index in [1.54, 1.807) is 0 Å². The van der Waals surface area contributed by atoms with Crippen LogP contribution in [0.1, 0.15) is 35.8 Å². The van der Waals surface area contributed by atoms with E-state index in [1.807, 2.05) is 43.0 Å². The molecule has 2 heterocycles. The summed E-state index contributed by atoms with van der Waals surface area (Å²) >= 11 is 3.47. The monoisotopic (exact) mass is 375 g/mol. The van der Waals surface area contributed by atoms with Gasteiger partial charge in [0.1, 0.15) is 0 Å². The fourth-order valence-electron chi connectivity index (χ4n) is 3.30. The number of hydrogen-bond donors (Lipinski definition) is 1. The molecule has 1 aromatic carbocycles. The molecule has 0 bridgehead atoms. The van der Waals surface area contributed by atoms with Crippen LogP contribution in [0.2, 0.25) is 0 Å². The zero-order chi connectivity index (χ0) is 16.6. The van der Waals surface area contributed by atoms with Crippen molar-refractivity contribution in [1.29, 1.82) is 0 Å². The molecule has 0 aliphatic carbocycles. The van der Waals surface area contributed by atoms with Gasteiger partial charge in [-0.25, -0.2) is 0 Å². The van der Waals surface area contributed by atoms with Crippen LogP contribution in [0.3, 0.4) is 0 Å². The Morgan fingerprint density at radius 1 is 1.43 bits per heavy atom. The standard InChI is InChI=1S/C18H22BrN3O/c1-11-8-16(15-6-5-14(19)9-17(15)21-11)18(23)22-7-3-4-13(10-22)12(2)20/h5-6,8-9,12-13H,3-4,7,10,20H2,1-2H3/t12-,13+/m1/s1. The number of carbonyl (C=O) groups is 1. The Balaban J connectivity index is 1.97. The van der Waals surface area contributed by atoms with Crippen LogP contribution < -0.4 is 5.73 Å². The third kappa shape index (κ3) is 3.40. The SMILES string of the molecule is Cc1cc(C(=O)N2CCC[C@H]([C@@H](C)N)C2)c2ccc(Br)cc2n1. The van der Waals surface area contributed by atoms with Gasteiger partial charge in [0.2, 0.25) is 0 Å². The van der Waals surface area contributed by atoms with E-state index in [0.29, 0.717) is 5.92 Å². The molecule has 0 radical (unpaired) electrons. The van der Waals surface area contributed by atoms with Gasteiger partial charge in [0, 0.05) is 34.7 Å². The molecule has 1 aromatic heterocycles. The van der Waals surface area contributed by atoms with Gasteiger partial charge in [-0.1, -0.05) is 22.0 Å². The van der Waals surface area contributed by atoms with E-state index < -0.39 is 0 Å². The van der Waals surface area contributed by atoms with Gasteiger partial charge in [0.05, 0.1) is 11.1 Å². The second kappa shape index (κ2) is 6.57. The zero-order valence-electron chi connectivity index (χ0n) is 13.6. The fourth-order valence-corrected chi connectivity index (χ4v) is 3.65. The number of rotatable bonds is 2. The van der Waals surface area contributed by atoms with E-state index in [0.717, 1.165) is 52.6 Å². The number of halogens is 1. The molecule has 0 unspecified atom stereocenters. The maximum atomic E-state index is 13.1. The smallest absolute Gasteiger partial charge is 0.254 e. The third-order valence-electron chi connectivity index (χ3n) is 4.62. The van der Waals surface area contributed by atoms with Gasteiger partial charge in [0.15, 0.2) is 0 Å². The molecule has 4 nitrogen and oxygen atoms in total. The number of nitrogens with two attached hydrogens (primary N) is 1.